The number of rotatable bonds is 8. The number of aryl methyl sites for hydroxylation is 2. The predicted molar refractivity (Wildman–Crippen MR) is 86.9 cm³/mol. The average Bonchev–Trinajstić information content (AvgIpc) is 2.92. The van der Waals surface area contributed by atoms with Gasteiger partial charge in [0, 0.05) is 25.5 Å². The van der Waals surface area contributed by atoms with Gasteiger partial charge in [0.05, 0.1) is 11.9 Å². The van der Waals surface area contributed by atoms with Gasteiger partial charge in [-0.25, -0.2) is 13.1 Å². The summed E-state index contributed by atoms with van der Waals surface area (Å²) in [5.41, 5.74) is 1.78. The van der Waals surface area contributed by atoms with E-state index in [2.05, 4.69) is 4.72 Å². The van der Waals surface area contributed by atoms with Gasteiger partial charge < -0.3 is 9.67 Å². The number of nitrogens with zero attached hydrogens (tertiary/aromatic N) is 1. The zero-order valence-electron chi connectivity index (χ0n) is 12.6. The Balaban J connectivity index is 1.77. The third-order valence-electron chi connectivity index (χ3n) is 3.57. The largest absolute Gasteiger partial charge is 0.387 e. The van der Waals surface area contributed by atoms with Crippen molar-refractivity contribution in [1.29, 1.82) is 0 Å². The lowest BCUT2D eigenvalue weighted by atomic mass is 10.2. The van der Waals surface area contributed by atoms with E-state index < -0.39 is 16.1 Å². The summed E-state index contributed by atoms with van der Waals surface area (Å²) in [6.45, 7) is 0.226. The molecule has 0 aliphatic rings. The van der Waals surface area contributed by atoms with Crippen LogP contribution in [-0.4, -0.2) is 30.4 Å². The van der Waals surface area contributed by atoms with Crippen LogP contribution in [0, 0.1) is 0 Å². The van der Waals surface area contributed by atoms with E-state index in [1.54, 1.807) is 0 Å². The Morgan fingerprint density at radius 2 is 1.91 bits per heavy atom. The lowest BCUT2D eigenvalue weighted by molar-refractivity contribution is 0.161. The third kappa shape index (κ3) is 4.98. The Kier molecular flexibility index (Phi) is 5.76. The van der Waals surface area contributed by atoms with Gasteiger partial charge in [-0.3, -0.25) is 0 Å². The van der Waals surface area contributed by atoms with Crippen LogP contribution in [-0.2, 0) is 23.5 Å². The van der Waals surface area contributed by atoms with Gasteiger partial charge in [-0.1, -0.05) is 30.3 Å². The van der Waals surface area contributed by atoms with E-state index >= 15 is 0 Å². The van der Waals surface area contributed by atoms with Crippen LogP contribution in [0.5, 0.6) is 0 Å². The molecule has 2 aromatic rings. The van der Waals surface area contributed by atoms with Crippen molar-refractivity contribution < 1.29 is 13.5 Å². The second-order valence-corrected chi connectivity index (χ2v) is 7.22. The monoisotopic (exact) mass is 322 g/mol. The second-order valence-electron chi connectivity index (χ2n) is 5.30. The molecule has 1 unspecified atom stereocenters. The van der Waals surface area contributed by atoms with Crippen molar-refractivity contribution in [2.75, 3.05) is 12.3 Å². The SMILES string of the molecule is Cn1cccc1C(O)CCNS(=O)(=O)CCc1ccccc1. The molecule has 0 radical (unpaired) electrons. The minimum atomic E-state index is -3.32. The van der Waals surface area contributed by atoms with Gasteiger partial charge in [0.15, 0.2) is 0 Å². The van der Waals surface area contributed by atoms with Crippen molar-refractivity contribution >= 4 is 10.0 Å². The molecule has 0 saturated heterocycles. The number of hydrogen-bond donors (Lipinski definition) is 2. The van der Waals surface area contributed by atoms with Crippen molar-refractivity contribution in [2.24, 2.45) is 7.05 Å². The molecule has 0 saturated carbocycles. The van der Waals surface area contributed by atoms with Crippen LogP contribution >= 0.6 is 0 Å². The number of aliphatic hydroxyl groups excluding tert-OH is 1. The van der Waals surface area contributed by atoms with E-state index in [4.69, 9.17) is 0 Å². The van der Waals surface area contributed by atoms with Crippen LogP contribution < -0.4 is 4.72 Å². The van der Waals surface area contributed by atoms with Crippen molar-refractivity contribution in [3.05, 3.63) is 59.9 Å². The molecule has 22 heavy (non-hydrogen) atoms. The second kappa shape index (κ2) is 7.58. The van der Waals surface area contributed by atoms with E-state index in [-0.39, 0.29) is 12.3 Å². The fourth-order valence-electron chi connectivity index (χ4n) is 2.29. The van der Waals surface area contributed by atoms with Gasteiger partial charge in [-0.05, 0) is 30.5 Å². The number of benzene rings is 1. The lowest BCUT2D eigenvalue weighted by Crippen LogP contribution is -2.29. The molecule has 0 fully saturated rings. The maximum Gasteiger partial charge on any atom is 0.211 e. The molecule has 0 aliphatic carbocycles. The summed E-state index contributed by atoms with van der Waals surface area (Å²) in [7, 11) is -1.47. The van der Waals surface area contributed by atoms with Crippen molar-refractivity contribution in [1.82, 2.24) is 9.29 Å². The summed E-state index contributed by atoms with van der Waals surface area (Å²) in [6, 6.07) is 13.2. The summed E-state index contributed by atoms with van der Waals surface area (Å²) in [5.74, 6) is 0.0528. The topological polar surface area (TPSA) is 71.3 Å². The van der Waals surface area contributed by atoms with Crippen molar-refractivity contribution in [3.8, 4) is 0 Å². The lowest BCUT2D eigenvalue weighted by Gasteiger charge is -2.12. The number of aliphatic hydroxyl groups is 1. The highest BCUT2D eigenvalue weighted by Crippen LogP contribution is 2.15. The highest BCUT2D eigenvalue weighted by Gasteiger charge is 2.14. The molecule has 2 N–H and O–H groups in total. The molecule has 1 aromatic heterocycles. The number of hydrogen-bond acceptors (Lipinski definition) is 3. The highest BCUT2D eigenvalue weighted by atomic mass is 32.2. The normalized spacial score (nSPS) is 13.2. The van der Waals surface area contributed by atoms with Crippen molar-refractivity contribution in [3.63, 3.8) is 0 Å². The molecule has 0 spiro atoms. The quantitative estimate of drug-likeness (QED) is 0.776. The first-order valence-corrected chi connectivity index (χ1v) is 8.94. The smallest absolute Gasteiger partial charge is 0.211 e. The Bertz CT molecular complexity index is 680. The van der Waals surface area contributed by atoms with Gasteiger partial charge >= 0.3 is 0 Å². The summed E-state index contributed by atoms with van der Waals surface area (Å²) in [5, 5.41) is 10.0. The number of sulfonamides is 1. The van der Waals surface area contributed by atoms with Gasteiger partial charge in [0.2, 0.25) is 10.0 Å². The van der Waals surface area contributed by atoms with Gasteiger partial charge in [-0.2, -0.15) is 0 Å². The summed E-state index contributed by atoms with van der Waals surface area (Å²) < 4.78 is 28.3. The molecular weight excluding hydrogens is 300 g/mol. The molecule has 0 amide bonds. The van der Waals surface area contributed by atoms with E-state index in [1.165, 1.54) is 0 Å². The Morgan fingerprint density at radius 1 is 1.18 bits per heavy atom. The summed E-state index contributed by atoms with van der Waals surface area (Å²) in [6.07, 6.45) is 2.01. The molecule has 2 rings (SSSR count). The van der Waals surface area contributed by atoms with Crippen LogP contribution in [0.2, 0.25) is 0 Å². The van der Waals surface area contributed by atoms with E-state index in [0.29, 0.717) is 12.8 Å². The number of nitrogens with one attached hydrogen (secondary N) is 1. The highest BCUT2D eigenvalue weighted by molar-refractivity contribution is 7.89. The average molecular weight is 322 g/mol. The van der Waals surface area contributed by atoms with Gasteiger partial charge in [0.1, 0.15) is 0 Å². The third-order valence-corrected chi connectivity index (χ3v) is 4.95. The Hall–Kier alpha value is -1.63. The molecule has 1 aromatic carbocycles. The zero-order chi connectivity index (χ0) is 16.0. The summed E-state index contributed by atoms with van der Waals surface area (Å²) in [4.78, 5) is 0. The number of aromatic nitrogens is 1. The van der Waals surface area contributed by atoms with Crippen LogP contribution in [0.25, 0.3) is 0 Å². The zero-order valence-corrected chi connectivity index (χ0v) is 13.5. The molecular formula is C16H22N2O3S. The maximum atomic E-state index is 11.9. The van der Waals surface area contributed by atoms with Crippen LogP contribution in [0.3, 0.4) is 0 Å². The van der Waals surface area contributed by atoms with Crippen LogP contribution in [0.4, 0.5) is 0 Å². The van der Waals surface area contributed by atoms with Gasteiger partial charge in [0.25, 0.3) is 0 Å². The molecule has 120 valence electrons. The molecule has 0 aliphatic heterocycles. The maximum absolute atomic E-state index is 11.9. The fourth-order valence-corrected chi connectivity index (χ4v) is 3.37. The molecule has 1 atom stereocenters. The minimum absolute atomic E-state index is 0.0528. The first kappa shape index (κ1) is 16.7. The summed E-state index contributed by atoms with van der Waals surface area (Å²) >= 11 is 0. The van der Waals surface area contributed by atoms with Crippen LogP contribution in [0.1, 0.15) is 23.8 Å². The van der Waals surface area contributed by atoms with Crippen molar-refractivity contribution in [2.45, 2.75) is 18.9 Å². The Morgan fingerprint density at radius 3 is 2.55 bits per heavy atom. The van der Waals surface area contributed by atoms with E-state index in [0.717, 1.165) is 11.3 Å². The van der Waals surface area contributed by atoms with Gasteiger partial charge in [-0.15, -0.1) is 0 Å². The molecule has 6 heteroatoms. The molecule has 5 nitrogen and oxygen atoms in total. The van der Waals surface area contributed by atoms with E-state index in [9.17, 15) is 13.5 Å². The first-order chi connectivity index (χ1) is 10.5. The predicted octanol–water partition coefficient (Wildman–Crippen LogP) is 1.61. The first-order valence-electron chi connectivity index (χ1n) is 7.28. The standard InChI is InChI=1S/C16H22N2O3S/c1-18-12-5-8-15(18)16(19)9-11-17-22(20,21)13-10-14-6-3-2-4-7-14/h2-8,12,16-17,19H,9-11,13H2,1H3. The Labute approximate surface area is 131 Å². The minimum Gasteiger partial charge on any atom is -0.387 e. The van der Waals surface area contributed by atoms with E-state index in [1.807, 2.05) is 60.3 Å². The fraction of sp³-hybridized carbons (Fsp3) is 0.375. The van der Waals surface area contributed by atoms with Crippen LogP contribution in [0.15, 0.2) is 48.7 Å². The molecule has 0 bridgehead atoms. The molecule has 1 heterocycles.